The standard InChI is InChI=1S/C15H23FN2O/c1-10-7-12(5-6-13(10)16)18-14(19)8-11(17)9-15(2,3)4/h5-7,11H,8-9,17H2,1-4H3,(H,18,19). The van der Waals surface area contributed by atoms with Gasteiger partial charge < -0.3 is 11.1 Å². The predicted molar refractivity (Wildman–Crippen MR) is 76.4 cm³/mol. The average molecular weight is 266 g/mol. The van der Waals surface area contributed by atoms with Crippen molar-refractivity contribution in [2.45, 2.75) is 46.6 Å². The van der Waals surface area contributed by atoms with Crippen molar-refractivity contribution in [1.82, 2.24) is 0 Å². The fourth-order valence-electron chi connectivity index (χ4n) is 2.03. The van der Waals surface area contributed by atoms with Gasteiger partial charge in [-0.25, -0.2) is 4.39 Å². The van der Waals surface area contributed by atoms with E-state index >= 15 is 0 Å². The lowest BCUT2D eigenvalue weighted by Gasteiger charge is -2.22. The highest BCUT2D eigenvalue weighted by Crippen LogP contribution is 2.21. The molecule has 0 saturated heterocycles. The Morgan fingerprint density at radius 3 is 2.58 bits per heavy atom. The molecule has 1 unspecified atom stereocenters. The topological polar surface area (TPSA) is 55.1 Å². The molecule has 19 heavy (non-hydrogen) atoms. The van der Waals surface area contributed by atoms with E-state index in [-0.39, 0.29) is 29.6 Å². The van der Waals surface area contributed by atoms with Crippen molar-refractivity contribution in [2.24, 2.45) is 11.1 Å². The SMILES string of the molecule is Cc1cc(NC(=O)CC(N)CC(C)(C)C)ccc1F. The lowest BCUT2D eigenvalue weighted by molar-refractivity contribution is -0.116. The predicted octanol–water partition coefficient (Wildman–Crippen LogP) is 3.23. The van der Waals surface area contributed by atoms with Crippen LogP contribution in [0.3, 0.4) is 0 Å². The third-order valence-corrected chi connectivity index (χ3v) is 2.76. The third-order valence-electron chi connectivity index (χ3n) is 2.76. The number of halogens is 1. The van der Waals surface area contributed by atoms with E-state index in [4.69, 9.17) is 5.73 Å². The van der Waals surface area contributed by atoms with Crippen LogP contribution in [0, 0.1) is 18.2 Å². The zero-order chi connectivity index (χ0) is 14.6. The highest BCUT2D eigenvalue weighted by atomic mass is 19.1. The minimum absolute atomic E-state index is 0.103. The minimum atomic E-state index is -0.276. The van der Waals surface area contributed by atoms with Crippen LogP contribution >= 0.6 is 0 Å². The summed E-state index contributed by atoms with van der Waals surface area (Å²) in [5.74, 6) is -0.412. The van der Waals surface area contributed by atoms with Crippen molar-refractivity contribution in [3.63, 3.8) is 0 Å². The van der Waals surface area contributed by atoms with E-state index in [0.29, 0.717) is 11.3 Å². The molecule has 1 aromatic carbocycles. The largest absolute Gasteiger partial charge is 0.327 e. The van der Waals surface area contributed by atoms with Crippen LogP contribution in [0.15, 0.2) is 18.2 Å². The molecule has 0 heterocycles. The van der Waals surface area contributed by atoms with Crippen LogP contribution < -0.4 is 11.1 Å². The molecular formula is C15H23FN2O. The van der Waals surface area contributed by atoms with E-state index in [0.717, 1.165) is 6.42 Å². The number of aryl methyl sites for hydroxylation is 1. The van der Waals surface area contributed by atoms with Gasteiger partial charge in [0.15, 0.2) is 0 Å². The first-order valence-corrected chi connectivity index (χ1v) is 6.49. The van der Waals surface area contributed by atoms with Crippen molar-refractivity contribution in [3.8, 4) is 0 Å². The maximum atomic E-state index is 13.1. The van der Waals surface area contributed by atoms with Crippen LogP contribution in [-0.2, 0) is 4.79 Å². The molecule has 3 nitrogen and oxygen atoms in total. The lowest BCUT2D eigenvalue weighted by atomic mass is 9.87. The second-order valence-electron chi connectivity index (χ2n) is 6.24. The molecule has 4 heteroatoms. The molecule has 0 fully saturated rings. The summed E-state index contributed by atoms with van der Waals surface area (Å²) < 4.78 is 13.1. The Balaban J connectivity index is 2.53. The van der Waals surface area contributed by atoms with E-state index in [1.54, 1.807) is 19.1 Å². The molecule has 0 aromatic heterocycles. The van der Waals surface area contributed by atoms with Crippen molar-refractivity contribution >= 4 is 11.6 Å². The first kappa shape index (κ1) is 15.6. The number of amides is 1. The normalized spacial score (nSPS) is 13.2. The Kier molecular flexibility index (Phi) is 5.06. The van der Waals surface area contributed by atoms with Gasteiger partial charge in [-0.2, -0.15) is 0 Å². The number of hydrogen-bond acceptors (Lipinski definition) is 2. The Labute approximate surface area is 114 Å². The lowest BCUT2D eigenvalue weighted by Crippen LogP contribution is -2.31. The summed E-state index contributed by atoms with van der Waals surface area (Å²) in [6.45, 7) is 7.94. The molecule has 0 radical (unpaired) electrons. The fourth-order valence-corrected chi connectivity index (χ4v) is 2.03. The van der Waals surface area contributed by atoms with Gasteiger partial charge in [0.05, 0.1) is 0 Å². The van der Waals surface area contributed by atoms with Crippen molar-refractivity contribution in [1.29, 1.82) is 0 Å². The second kappa shape index (κ2) is 6.15. The average Bonchev–Trinajstić information content (AvgIpc) is 2.20. The zero-order valence-corrected chi connectivity index (χ0v) is 12.1. The number of carbonyl (C=O) groups is 1. The van der Waals surface area contributed by atoms with E-state index < -0.39 is 0 Å². The molecular weight excluding hydrogens is 243 g/mol. The van der Waals surface area contributed by atoms with Gasteiger partial charge in [0.1, 0.15) is 5.82 Å². The van der Waals surface area contributed by atoms with Crippen LogP contribution in [0.25, 0.3) is 0 Å². The maximum absolute atomic E-state index is 13.1. The molecule has 1 rings (SSSR count). The second-order valence-corrected chi connectivity index (χ2v) is 6.24. The summed E-state index contributed by atoms with van der Waals surface area (Å²) >= 11 is 0. The molecule has 0 aliphatic carbocycles. The summed E-state index contributed by atoms with van der Waals surface area (Å²) in [7, 11) is 0. The summed E-state index contributed by atoms with van der Waals surface area (Å²) in [6.07, 6.45) is 1.05. The Bertz CT molecular complexity index is 452. The molecule has 1 atom stereocenters. The number of benzene rings is 1. The van der Waals surface area contributed by atoms with Crippen LogP contribution in [0.5, 0.6) is 0 Å². The Morgan fingerprint density at radius 2 is 2.05 bits per heavy atom. The van der Waals surface area contributed by atoms with Crippen molar-refractivity contribution in [3.05, 3.63) is 29.6 Å². The van der Waals surface area contributed by atoms with Gasteiger partial charge in [0.25, 0.3) is 0 Å². The van der Waals surface area contributed by atoms with Gasteiger partial charge in [0.2, 0.25) is 5.91 Å². The van der Waals surface area contributed by atoms with Crippen molar-refractivity contribution in [2.75, 3.05) is 5.32 Å². The van der Waals surface area contributed by atoms with Gasteiger partial charge >= 0.3 is 0 Å². The van der Waals surface area contributed by atoms with E-state index in [1.165, 1.54) is 6.07 Å². The molecule has 0 aliphatic rings. The smallest absolute Gasteiger partial charge is 0.225 e. The summed E-state index contributed by atoms with van der Waals surface area (Å²) in [5, 5.41) is 2.74. The van der Waals surface area contributed by atoms with E-state index in [9.17, 15) is 9.18 Å². The minimum Gasteiger partial charge on any atom is -0.327 e. The van der Waals surface area contributed by atoms with Crippen LogP contribution in [0.2, 0.25) is 0 Å². The molecule has 1 aromatic rings. The Morgan fingerprint density at radius 1 is 1.42 bits per heavy atom. The van der Waals surface area contributed by atoms with Crippen LogP contribution in [0.1, 0.15) is 39.2 Å². The number of hydrogen-bond donors (Lipinski definition) is 2. The number of rotatable bonds is 4. The molecule has 0 bridgehead atoms. The fraction of sp³-hybridized carbons (Fsp3) is 0.533. The molecule has 0 aliphatic heterocycles. The quantitative estimate of drug-likeness (QED) is 0.879. The number of anilines is 1. The van der Waals surface area contributed by atoms with Crippen molar-refractivity contribution < 1.29 is 9.18 Å². The summed E-state index contributed by atoms with van der Waals surface area (Å²) in [6, 6.07) is 4.35. The first-order valence-electron chi connectivity index (χ1n) is 6.49. The first-order chi connectivity index (χ1) is 8.67. The van der Waals surface area contributed by atoms with Gasteiger partial charge in [-0.05, 0) is 42.5 Å². The number of nitrogens with two attached hydrogens (primary N) is 1. The van der Waals surface area contributed by atoms with E-state index in [2.05, 4.69) is 26.1 Å². The zero-order valence-electron chi connectivity index (χ0n) is 12.1. The highest BCUT2D eigenvalue weighted by molar-refractivity contribution is 5.91. The van der Waals surface area contributed by atoms with Crippen LogP contribution in [0.4, 0.5) is 10.1 Å². The molecule has 106 valence electrons. The molecule has 3 N–H and O–H groups in total. The molecule has 0 saturated carbocycles. The maximum Gasteiger partial charge on any atom is 0.225 e. The Hall–Kier alpha value is -1.42. The van der Waals surface area contributed by atoms with Crippen LogP contribution in [-0.4, -0.2) is 11.9 Å². The van der Waals surface area contributed by atoms with Gasteiger partial charge in [0, 0.05) is 18.2 Å². The van der Waals surface area contributed by atoms with Gasteiger partial charge in [-0.15, -0.1) is 0 Å². The molecule has 0 spiro atoms. The monoisotopic (exact) mass is 266 g/mol. The number of nitrogens with one attached hydrogen (secondary N) is 1. The van der Waals surface area contributed by atoms with E-state index in [1.807, 2.05) is 0 Å². The third kappa shape index (κ3) is 5.83. The number of carbonyl (C=O) groups excluding carboxylic acids is 1. The highest BCUT2D eigenvalue weighted by Gasteiger charge is 2.18. The van der Waals surface area contributed by atoms with Gasteiger partial charge in [-0.3, -0.25) is 4.79 Å². The summed E-state index contributed by atoms with van der Waals surface area (Å²) in [4.78, 5) is 11.8. The van der Waals surface area contributed by atoms with Gasteiger partial charge in [-0.1, -0.05) is 20.8 Å². The molecule has 1 amide bonds. The summed E-state index contributed by atoms with van der Waals surface area (Å²) in [5.41, 5.74) is 7.17.